The average Bonchev–Trinajstić information content (AvgIpc) is 2.23. The molecule has 0 aromatic heterocycles. The van der Waals surface area contributed by atoms with Crippen molar-refractivity contribution in [3.05, 3.63) is 34.9 Å². The zero-order valence-corrected chi connectivity index (χ0v) is 10.7. The predicted octanol–water partition coefficient (Wildman–Crippen LogP) is 2.96. The molecule has 0 bridgehead atoms. The molecule has 1 aromatic rings. The second kappa shape index (κ2) is 6.07. The Labute approximate surface area is 101 Å². The maximum atomic E-state index is 13.7. The van der Waals surface area contributed by atoms with E-state index in [4.69, 9.17) is 4.74 Å². The minimum Gasteiger partial charge on any atom is -0.383 e. The van der Waals surface area contributed by atoms with Gasteiger partial charge in [0.05, 0.1) is 6.61 Å². The Morgan fingerprint density at radius 2 is 1.88 bits per heavy atom. The van der Waals surface area contributed by atoms with Gasteiger partial charge in [-0.2, -0.15) is 0 Å². The lowest BCUT2D eigenvalue weighted by Crippen LogP contribution is -2.32. The molecule has 0 fully saturated rings. The van der Waals surface area contributed by atoms with E-state index in [0.29, 0.717) is 17.7 Å². The highest BCUT2D eigenvalue weighted by Gasteiger charge is 2.15. The summed E-state index contributed by atoms with van der Waals surface area (Å²) in [5.41, 5.74) is 0.666. The molecule has 17 heavy (non-hydrogen) atoms. The third kappa shape index (κ3) is 3.75. The summed E-state index contributed by atoms with van der Waals surface area (Å²) >= 11 is 0. The number of benzene rings is 1. The first kappa shape index (κ1) is 14.1. The van der Waals surface area contributed by atoms with Crippen molar-refractivity contribution in [2.45, 2.75) is 32.9 Å². The van der Waals surface area contributed by atoms with Crippen molar-refractivity contribution in [1.29, 1.82) is 0 Å². The quantitative estimate of drug-likeness (QED) is 0.858. The first-order valence-corrected chi connectivity index (χ1v) is 5.66. The van der Waals surface area contributed by atoms with Crippen LogP contribution in [0.2, 0.25) is 0 Å². The molecule has 0 spiro atoms. The minimum atomic E-state index is -0.381. The molecule has 2 atom stereocenters. The summed E-state index contributed by atoms with van der Waals surface area (Å²) in [6.07, 6.45) is 0. The maximum Gasteiger partial charge on any atom is 0.128 e. The van der Waals surface area contributed by atoms with Crippen molar-refractivity contribution in [2.75, 3.05) is 13.7 Å². The van der Waals surface area contributed by atoms with Gasteiger partial charge >= 0.3 is 0 Å². The lowest BCUT2D eigenvalue weighted by Gasteiger charge is -2.20. The minimum absolute atomic E-state index is 0.0822. The van der Waals surface area contributed by atoms with Crippen LogP contribution >= 0.6 is 0 Å². The van der Waals surface area contributed by atoms with Crippen LogP contribution in [-0.4, -0.2) is 19.8 Å². The molecule has 0 aliphatic carbocycles. The number of ether oxygens (including phenoxy) is 1. The van der Waals surface area contributed by atoms with Gasteiger partial charge in [-0.15, -0.1) is 0 Å². The number of hydrogen-bond donors (Lipinski definition) is 1. The van der Waals surface area contributed by atoms with Crippen LogP contribution in [0.4, 0.5) is 8.78 Å². The molecule has 0 saturated carbocycles. The smallest absolute Gasteiger partial charge is 0.128 e. The molecule has 1 aromatic carbocycles. The fourth-order valence-corrected chi connectivity index (χ4v) is 1.81. The van der Waals surface area contributed by atoms with E-state index >= 15 is 0 Å². The van der Waals surface area contributed by atoms with E-state index in [1.54, 1.807) is 21.0 Å². The van der Waals surface area contributed by atoms with Crippen molar-refractivity contribution in [2.24, 2.45) is 0 Å². The van der Waals surface area contributed by atoms with Gasteiger partial charge in [0, 0.05) is 24.8 Å². The summed E-state index contributed by atoms with van der Waals surface area (Å²) in [4.78, 5) is 0. The molecular weight excluding hydrogens is 224 g/mol. The fraction of sp³-hybridized carbons (Fsp3) is 0.538. The SMILES string of the molecule is COCC(C)NC(C)c1cc(F)c(C)cc1F. The molecule has 0 heterocycles. The second-order valence-electron chi connectivity index (χ2n) is 4.37. The van der Waals surface area contributed by atoms with Gasteiger partial charge in [-0.05, 0) is 38.5 Å². The van der Waals surface area contributed by atoms with Gasteiger partial charge in [0.2, 0.25) is 0 Å². The monoisotopic (exact) mass is 243 g/mol. The molecule has 0 amide bonds. The van der Waals surface area contributed by atoms with Gasteiger partial charge < -0.3 is 10.1 Å². The van der Waals surface area contributed by atoms with E-state index in [1.165, 1.54) is 12.1 Å². The van der Waals surface area contributed by atoms with E-state index < -0.39 is 0 Å². The Morgan fingerprint density at radius 1 is 1.24 bits per heavy atom. The van der Waals surface area contributed by atoms with Crippen molar-refractivity contribution >= 4 is 0 Å². The van der Waals surface area contributed by atoms with Gasteiger partial charge in [-0.25, -0.2) is 8.78 Å². The zero-order chi connectivity index (χ0) is 13.0. The molecule has 96 valence electrons. The molecule has 4 heteroatoms. The lowest BCUT2D eigenvalue weighted by molar-refractivity contribution is 0.167. The molecule has 0 aliphatic rings. The molecular formula is C13H19F2NO. The summed E-state index contributed by atoms with van der Waals surface area (Å²) in [5, 5.41) is 3.15. The maximum absolute atomic E-state index is 13.7. The van der Waals surface area contributed by atoms with E-state index in [1.807, 2.05) is 6.92 Å². The van der Waals surface area contributed by atoms with Crippen molar-refractivity contribution in [1.82, 2.24) is 5.32 Å². The predicted molar refractivity (Wildman–Crippen MR) is 64.0 cm³/mol. The number of aryl methyl sites for hydroxylation is 1. The Kier molecular flexibility index (Phi) is 5.02. The number of methoxy groups -OCH3 is 1. The Balaban J connectivity index is 2.81. The van der Waals surface area contributed by atoms with Gasteiger partial charge in [0.25, 0.3) is 0 Å². The van der Waals surface area contributed by atoms with Crippen LogP contribution in [0.3, 0.4) is 0 Å². The van der Waals surface area contributed by atoms with E-state index in [9.17, 15) is 8.78 Å². The van der Waals surface area contributed by atoms with Gasteiger partial charge in [0.15, 0.2) is 0 Å². The van der Waals surface area contributed by atoms with E-state index in [2.05, 4.69) is 5.32 Å². The Bertz CT molecular complexity index is 382. The van der Waals surface area contributed by atoms with Crippen LogP contribution in [0.5, 0.6) is 0 Å². The first-order chi connectivity index (χ1) is 7.95. The highest BCUT2D eigenvalue weighted by atomic mass is 19.1. The van der Waals surface area contributed by atoms with Crippen LogP contribution in [0.1, 0.15) is 31.0 Å². The molecule has 1 rings (SSSR count). The average molecular weight is 243 g/mol. The molecule has 0 radical (unpaired) electrons. The topological polar surface area (TPSA) is 21.3 Å². The van der Waals surface area contributed by atoms with E-state index in [0.717, 1.165) is 0 Å². The molecule has 1 N–H and O–H groups in total. The number of nitrogens with one attached hydrogen (secondary N) is 1. The highest BCUT2D eigenvalue weighted by Crippen LogP contribution is 2.20. The van der Waals surface area contributed by atoms with Gasteiger partial charge in [-0.1, -0.05) is 0 Å². The molecule has 0 saturated heterocycles. The summed E-state index contributed by atoms with van der Waals surface area (Å²) in [6, 6.07) is 2.31. The summed E-state index contributed by atoms with van der Waals surface area (Å²) in [5.74, 6) is -0.761. The van der Waals surface area contributed by atoms with Gasteiger partial charge in [-0.3, -0.25) is 0 Å². The molecule has 2 nitrogen and oxygen atoms in total. The summed E-state index contributed by atoms with van der Waals surface area (Å²) in [7, 11) is 1.61. The first-order valence-electron chi connectivity index (χ1n) is 5.66. The van der Waals surface area contributed by atoms with Gasteiger partial charge in [0.1, 0.15) is 11.6 Å². The van der Waals surface area contributed by atoms with Crippen LogP contribution in [0.25, 0.3) is 0 Å². The number of hydrogen-bond acceptors (Lipinski definition) is 2. The van der Waals surface area contributed by atoms with Crippen LogP contribution in [-0.2, 0) is 4.74 Å². The van der Waals surface area contributed by atoms with Crippen LogP contribution < -0.4 is 5.32 Å². The third-order valence-corrected chi connectivity index (χ3v) is 2.70. The Morgan fingerprint density at radius 3 is 2.47 bits per heavy atom. The fourth-order valence-electron chi connectivity index (χ4n) is 1.81. The van der Waals surface area contributed by atoms with Crippen LogP contribution in [0, 0.1) is 18.6 Å². The number of halogens is 2. The van der Waals surface area contributed by atoms with Crippen molar-refractivity contribution < 1.29 is 13.5 Å². The summed E-state index contributed by atoms with van der Waals surface area (Å²) in [6.45, 7) is 5.82. The molecule has 0 aliphatic heterocycles. The largest absolute Gasteiger partial charge is 0.383 e. The lowest BCUT2D eigenvalue weighted by atomic mass is 10.0. The zero-order valence-electron chi connectivity index (χ0n) is 10.7. The summed E-state index contributed by atoms with van der Waals surface area (Å²) < 4.78 is 32.0. The highest BCUT2D eigenvalue weighted by molar-refractivity contribution is 5.27. The third-order valence-electron chi connectivity index (χ3n) is 2.70. The van der Waals surface area contributed by atoms with Crippen LogP contribution in [0.15, 0.2) is 12.1 Å². The standard InChI is InChI=1S/C13H19F2NO/c1-8-5-13(15)11(6-12(8)14)10(3)16-9(2)7-17-4/h5-6,9-10,16H,7H2,1-4H3. The normalized spacial score (nSPS) is 14.7. The Hall–Kier alpha value is -1.00. The van der Waals surface area contributed by atoms with E-state index in [-0.39, 0.29) is 23.7 Å². The van der Waals surface area contributed by atoms with Crippen molar-refractivity contribution in [3.8, 4) is 0 Å². The second-order valence-corrected chi connectivity index (χ2v) is 4.37. The van der Waals surface area contributed by atoms with Crippen molar-refractivity contribution in [3.63, 3.8) is 0 Å². The molecule has 2 unspecified atom stereocenters. The number of rotatable bonds is 5.